The summed E-state index contributed by atoms with van der Waals surface area (Å²) in [7, 11) is -4.19. The Hall–Kier alpha value is -2.75. The van der Waals surface area contributed by atoms with Crippen LogP contribution in [-0.4, -0.2) is 38.2 Å². The molecule has 0 amide bonds. The van der Waals surface area contributed by atoms with Crippen LogP contribution in [0.15, 0.2) is 64.9 Å². The van der Waals surface area contributed by atoms with E-state index < -0.39 is 27.4 Å². The van der Waals surface area contributed by atoms with Crippen LogP contribution in [0.3, 0.4) is 0 Å². The number of sulfonamides is 1. The van der Waals surface area contributed by atoms with E-state index in [0.717, 1.165) is 5.56 Å². The summed E-state index contributed by atoms with van der Waals surface area (Å²) in [6.45, 7) is 3.97. The van der Waals surface area contributed by atoms with Gasteiger partial charge < -0.3 is 14.6 Å². The molecule has 0 bridgehead atoms. The summed E-state index contributed by atoms with van der Waals surface area (Å²) in [6.07, 6.45) is 4.50. The van der Waals surface area contributed by atoms with Gasteiger partial charge in [0.2, 0.25) is 10.0 Å². The number of benzene rings is 2. The second-order valence-corrected chi connectivity index (χ2v) is 9.95. The van der Waals surface area contributed by atoms with Crippen molar-refractivity contribution in [2.45, 2.75) is 25.3 Å². The first kappa shape index (κ1) is 23.9. The van der Waals surface area contributed by atoms with Crippen LogP contribution in [0.25, 0.3) is 6.08 Å². The van der Waals surface area contributed by atoms with Gasteiger partial charge >= 0.3 is 5.97 Å². The van der Waals surface area contributed by atoms with E-state index in [1.165, 1.54) is 19.1 Å². The predicted octanol–water partition coefficient (Wildman–Crippen LogP) is 3.81. The van der Waals surface area contributed by atoms with Crippen LogP contribution < -0.4 is 14.2 Å². The van der Waals surface area contributed by atoms with Crippen LogP contribution >= 0.6 is 12.6 Å². The lowest BCUT2D eigenvalue weighted by Gasteiger charge is -2.32. The van der Waals surface area contributed by atoms with Crippen LogP contribution in [0.2, 0.25) is 0 Å². The molecule has 7 nitrogen and oxygen atoms in total. The van der Waals surface area contributed by atoms with Crippen molar-refractivity contribution >= 4 is 34.7 Å². The molecule has 1 heterocycles. The van der Waals surface area contributed by atoms with Gasteiger partial charge in [-0.25, -0.2) is 8.42 Å². The largest absolute Gasteiger partial charge is 0.486 e. The quantitative estimate of drug-likeness (QED) is 0.396. The number of carboxylic acid groups (broad SMARTS) is 1. The van der Waals surface area contributed by atoms with E-state index in [4.69, 9.17) is 9.47 Å². The molecule has 2 N–H and O–H groups in total. The number of thiol groups is 1. The molecule has 0 radical (unpaired) electrons. The van der Waals surface area contributed by atoms with Gasteiger partial charge in [0.1, 0.15) is 23.0 Å². The Labute approximate surface area is 193 Å². The fraction of sp³-hybridized carbons (Fsp3) is 0.261. The smallest absolute Gasteiger partial charge is 0.325 e. The Morgan fingerprint density at radius 2 is 1.81 bits per heavy atom. The van der Waals surface area contributed by atoms with Crippen molar-refractivity contribution < 1.29 is 27.8 Å². The normalized spacial score (nSPS) is 17.0. The second kappa shape index (κ2) is 9.81. The minimum absolute atomic E-state index is 0.306. The van der Waals surface area contributed by atoms with E-state index >= 15 is 0 Å². The minimum Gasteiger partial charge on any atom is -0.486 e. The number of fused-ring (bicyclic) bond motifs is 1. The third-order valence-electron chi connectivity index (χ3n) is 5.33. The Kier molecular flexibility index (Phi) is 7.33. The maximum atomic E-state index is 12.8. The van der Waals surface area contributed by atoms with E-state index in [1.807, 2.05) is 6.07 Å². The Bertz CT molecular complexity index is 1140. The van der Waals surface area contributed by atoms with Crippen LogP contribution in [0.1, 0.15) is 30.9 Å². The first-order valence-corrected chi connectivity index (χ1v) is 11.9. The Balaban J connectivity index is 1.78. The summed E-state index contributed by atoms with van der Waals surface area (Å²) in [5.41, 5.74) is -0.296. The molecule has 0 aromatic heterocycles. The number of ether oxygens (including phenoxy) is 2. The Morgan fingerprint density at radius 3 is 2.47 bits per heavy atom. The molecule has 0 saturated carbocycles. The zero-order valence-corrected chi connectivity index (χ0v) is 19.4. The van der Waals surface area contributed by atoms with E-state index in [9.17, 15) is 18.3 Å². The fourth-order valence-corrected chi connectivity index (χ4v) is 4.63. The first-order valence-electron chi connectivity index (χ1n) is 9.93. The molecule has 2 aromatic rings. The molecule has 0 spiro atoms. The van der Waals surface area contributed by atoms with Crippen molar-refractivity contribution in [3.05, 3.63) is 76.0 Å². The van der Waals surface area contributed by atoms with E-state index in [1.54, 1.807) is 55.5 Å². The van der Waals surface area contributed by atoms with Crippen LogP contribution in [0.4, 0.5) is 0 Å². The fourth-order valence-electron chi connectivity index (χ4n) is 3.22. The summed E-state index contributed by atoms with van der Waals surface area (Å²) < 4.78 is 38.7. The molecule has 2 atom stereocenters. The molecule has 1 aliphatic rings. The zero-order chi connectivity index (χ0) is 23.4. The van der Waals surface area contributed by atoms with Gasteiger partial charge in [0.05, 0.1) is 0 Å². The number of hydrogen-bond donors (Lipinski definition) is 3. The monoisotopic (exact) mass is 475 g/mol. The van der Waals surface area contributed by atoms with Gasteiger partial charge in [0, 0.05) is 5.92 Å². The number of allylic oxidation sites excluding steroid dienone is 2. The molecule has 0 saturated heterocycles. The van der Waals surface area contributed by atoms with Crippen LogP contribution in [0.5, 0.6) is 11.5 Å². The zero-order valence-electron chi connectivity index (χ0n) is 17.7. The lowest BCUT2D eigenvalue weighted by molar-refractivity contribution is -0.144. The standard InChI is InChI=1S/C23H25NO6S2/c1-16(18-8-4-3-5-9-18)23(2,22(25)26)24-32(27,28)21(31)10-6-7-17-11-12-19-20(15-17)30-14-13-29-19/h3-12,15-16,24,31H,13-14H2,1-2H3,(H,25,26)/b7-6+,21-10+/t16?,23-/m0/s1. The molecular weight excluding hydrogens is 450 g/mol. The first-order chi connectivity index (χ1) is 15.1. The predicted molar refractivity (Wildman–Crippen MR) is 126 cm³/mol. The van der Waals surface area contributed by atoms with E-state index in [0.29, 0.717) is 30.3 Å². The molecule has 3 rings (SSSR count). The summed E-state index contributed by atoms with van der Waals surface area (Å²) in [6, 6.07) is 14.2. The van der Waals surface area contributed by atoms with Crippen LogP contribution in [-0.2, 0) is 14.8 Å². The number of rotatable bonds is 8. The SMILES string of the molecule is CC(c1ccccc1)[C@](C)(NS(=O)(=O)/C(S)=C/C=C/c1ccc2c(c1)OCCO2)C(=O)O. The van der Waals surface area contributed by atoms with E-state index in [2.05, 4.69) is 17.4 Å². The van der Waals surface area contributed by atoms with E-state index in [-0.39, 0.29) is 4.24 Å². The van der Waals surface area contributed by atoms with Gasteiger partial charge in [-0.1, -0.05) is 55.5 Å². The molecular formula is C23H25NO6S2. The van der Waals surface area contributed by atoms with Gasteiger partial charge in [-0.2, -0.15) is 4.72 Å². The summed E-state index contributed by atoms with van der Waals surface area (Å²) >= 11 is 4.09. The number of carboxylic acids is 1. The second-order valence-electron chi connectivity index (χ2n) is 7.51. The number of aliphatic carboxylic acids is 1. The minimum atomic E-state index is -4.19. The highest BCUT2D eigenvalue weighted by Gasteiger charge is 2.43. The van der Waals surface area contributed by atoms with Gasteiger partial charge in [0.25, 0.3) is 0 Å². The maximum Gasteiger partial charge on any atom is 0.325 e. The summed E-state index contributed by atoms with van der Waals surface area (Å²) in [5.74, 6) is -0.642. The molecule has 9 heteroatoms. The number of hydrogen-bond acceptors (Lipinski definition) is 6. The van der Waals surface area contributed by atoms with Gasteiger partial charge in [-0.15, -0.1) is 12.6 Å². The molecule has 2 aromatic carbocycles. The highest BCUT2D eigenvalue weighted by molar-refractivity contribution is 8.09. The molecule has 32 heavy (non-hydrogen) atoms. The highest BCUT2D eigenvalue weighted by atomic mass is 32.3. The molecule has 1 aliphatic heterocycles. The average molecular weight is 476 g/mol. The maximum absolute atomic E-state index is 12.8. The topological polar surface area (TPSA) is 102 Å². The van der Waals surface area contributed by atoms with Crippen molar-refractivity contribution in [3.63, 3.8) is 0 Å². The van der Waals surface area contributed by atoms with Crippen molar-refractivity contribution in [2.24, 2.45) is 0 Å². The number of carbonyl (C=O) groups is 1. The van der Waals surface area contributed by atoms with Gasteiger partial charge in [0.15, 0.2) is 11.5 Å². The van der Waals surface area contributed by atoms with Gasteiger partial charge in [-0.05, 0) is 36.3 Å². The lowest BCUT2D eigenvalue weighted by Crippen LogP contribution is -2.55. The lowest BCUT2D eigenvalue weighted by atomic mass is 9.83. The Morgan fingerprint density at radius 1 is 1.16 bits per heavy atom. The number of nitrogens with one attached hydrogen (secondary N) is 1. The van der Waals surface area contributed by atoms with Crippen molar-refractivity contribution in [2.75, 3.05) is 13.2 Å². The van der Waals surface area contributed by atoms with Crippen molar-refractivity contribution in [3.8, 4) is 11.5 Å². The molecule has 0 aliphatic carbocycles. The molecule has 1 unspecified atom stereocenters. The third kappa shape index (κ3) is 5.35. The van der Waals surface area contributed by atoms with Crippen molar-refractivity contribution in [1.29, 1.82) is 0 Å². The summed E-state index contributed by atoms with van der Waals surface area (Å²) in [5, 5.41) is 9.82. The third-order valence-corrected chi connectivity index (χ3v) is 7.57. The summed E-state index contributed by atoms with van der Waals surface area (Å²) in [4.78, 5) is 12.0. The highest BCUT2D eigenvalue weighted by Crippen LogP contribution is 2.32. The van der Waals surface area contributed by atoms with Crippen molar-refractivity contribution in [1.82, 2.24) is 4.72 Å². The van der Waals surface area contributed by atoms with Gasteiger partial charge in [-0.3, -0.25) is 4.79 Å². The van der Waals surface area contributed by atoms with Crippen LogP contribution in [0, 0.1) is 0 Å². The average Bonchev–Trinajstić information content (AvgIpc) is 2.78. The molecule has 0 fully saturated rings. The molecule has 170 valence electrons.